The summed E-state index contributed by atoms with van der Waals surface area (Å²) in [4.78, 5) is 7.83. The van der Waals surface area contributed by atoms with Gasteiger partial charge in [-0.25, -0.2) is 4.98 Å². The van der Waals surface area contributed by atoms with Crippen molar-refractivity contribution in [3.05, 3.63) is 65.5 Å². The number of nitrogens with zero attached hydrogens (tertiary/aromatic N) is 1. The van der Waals surface area contributed by atoms with Crippen LogP contribution in [0.4, 0.5) is 0 Å². The number of allylic oxidation sites excluding steroid dienone is 1. The summed E-state index contributed by atoms with van der Waals surface area (Å²) in [5, 5.41) is 9.19. The van der Waals surface area contributed by atoms with Crippen LogP contribution in [0.25, 0.3) is 22.7 Å². The molecule has 0 atom stereocenters. The number of hydrogen-bond acceptors (Lipinski definition) is 2. The quantitative estimate of drug-likeness (QED) is 0.759. The molecular weight excluding hydrogens is 248 g/mol. The number of aliphatic hydroxyl groups is 1. The predicted molar refractivity (Wildman–Crippen MR) is 82.0 cm³/mol. The highest BCUT2D eigenvalue weighted by Gasteiger charge is 2.02. The SMILES string of the molecule is C/C(=C\c1nc2ccccc2[nH]1)c1cccc(CO)c1. The van der Waals surface area contributed by atoms with Crippen molar-refractivity contribution in [2.24, 2.45) is 0 Å². The molecule has 0 fully saturated rings. The Balaban J connectivity index is 1.97. The fraction of sp³-hybridized carbons (Fsp3) is 0.118. The van der Waals surface area contributed by atoms with Gasteiger partial charge in [0.1, 0.15) is 5.82 Å². The van der Waals surface area contributed by atoms with E-state index in [1.807, 2.05) is 61.5 Å². The zero-order valence-electron chi connectivity index (χ0n) is 11.3. The van der Waals surface area contributed by atoms with Crippen molar-refractivity contribution in [1.29, 1.82) is 0 Å². The molecule has 0 aliphatic heterocycles. The minimum Gasteiger partial charge on any atom is -0.392 e. The number of H-pyrrole nitrogens is 1. The van der Waals surface area contributed by atoms with Crippen LogP contribution in [0, 0.1) is 0 Å². The van der Waals surface area contributed by atoms with E-state index in [1.54, 1.807) is 0 Å². The second-order valence-electron chi connectivity index (χ2n) is 4.83. The number of hydrogen-bond donors (Lipinski definition) is 2. The third kappa shape index (κ3) is 2.49. The molecule has 0 aliphatic rings. The van der Waals surface area contributed by atoms with E-state index in [2.05, 4.69) is 9.97 Å². The predicted octanol–water partition coefficient (Wildman–Crippen LogP) is 3.62. The molecule has 2 N–H and O–H groups in total. The minimum absolute atomic E-state index is 0.0613. The number of benzene rings is 2. The molecule has 20 heavy (non-hydrogen) atoms. The normalized spacial score (nSPS) is 12.0. The van der Waals surface area contributed by atoms with E-state index in [1.165, 1.54) is 0 Å². The average molecular weight is 264 g/mol. The summed E-state index contributed by atoms with van der Waals surface area (Å²) in [6.45, 7) is 2.11. The van der Waals surface area contributed by atoms with Crippen LogP contribution in [-0.4, -0.2) is 15.1 Å². The summed E-state index contributed by atoms with van der Waals surface area (Å²) < 4.78 is 0. The second-order valence-corrected chi connectivity index (χ2v) is 4.83. The average Bonchev–Trinajstić information content (AvgIpc) is 2.89. The van der Waals surface area contributed by atoms with Crippen LogP contribution in [0.2, 0.25) is 0 Å². The molecule has 100 valence electrons. The topological polar surface area (TPSA) is 48.9 Å². The molecule has 0 radical (unpaired) electrons. The summed E-state index contributed by atoms with van der Waals surface area (Å²) in [5.41, 5.74) is 5.13. The lowest BCUT2D eigenvalue weighted by molar-refractivity contribution is 0.282. The van der Waals surface area contributed by atoms with Gasteiger partial charge in [-0.05, 0) is 47.9 Å². The number of imidazole rings is 1. The Hall–Kier alpha value is -2.39. The van der Waals surface area contributed by atoms with Gasteiger partial charge in [0.15, 0.2) is 0 Å². The van der Waals surface area contributed by atoms with E-state index in [-0.39, 0.29) is 6.61 Å². The van der Waals surface area contributed by atoms with Crippen LogP contribution >= 0.6 is 0 Å². The van der Waals surface area contributed by atoms with Crippen LogP contribution in [0.15, 0.2) is 48.5 Å². The molecule has 0 spiro atoms. The van der Waals surface area contributed by atoms with Gasteiger partial charge in [-0.3, -0.25) is 0 Å². The van der Waals surface area contributed by atoms with E-state index < -0.39 is 0 Å². The van der Waals surface area contributed by atoms with Gasteiger partial charge in [0.2, 0.25) is 0 Å². The maximum atomic E-state index is 9.19. The molecule has 0 amide bonds. The van der Waals surface area contributed by atoms with Crippen molar-refractivity contribution in [3.8, 4) is 0 Å². The molecule has 3 heteroatoms. The van der Waals surface area contributed by atoms with Gasteiger partial charge in [-0.2, -0.15) is 0 Å². The molecule has 3 nitrogen and oxygen atoms in total. The standard InChI is InChI=1S/C17H16N2O/c1-12(14-6-4-5-13(10-14)11-20)9-17-18-15-7-2-3-8-16(15)19-17/h2-10,20H,11H2,1H3,(H,18,19)/b12-9+. The number of aromatic nitrogens is 2. The molecule has 0 saturated heterocycles. The summed E-state index contributed by atoms with van der Waals surface area (Å²) in [5.74, 6) is 0.845. The molecule has 3 rings (SSSR count). The van der Waals surface area contributed by atoms with E-state index in [0.717, 1.165) is 33.6 Å². The number of nitrogens with one attached hydrogen (secondary N) is 1. The highest BCUT2D eigenvalue weighted by atomic mass is 16.3. The molecule has 0 unspecified atom stereocenters. The molecule has 0 aliphatic carbocycles. The van der Waals surface area contributed by atoms with Crippen molar-refractivity contribution in [2.75, 3.05) is 0 Å². The lowest BCUT2D eigenvalue weighted by atomic mass is 10.0. The molecule has 0 bridgehead atoms. The van der Waals surface area contributed by atoms with Crippen LogP contribution in [0.5, 0.6) is 0 Å². The Morgan fingerprint density at radius 1 is 1.20 bits per heavy atom. The number of aromatic amines is 1. The largest absolute Gasteiger partial charge is 0.392 e. The zero-order chi connectivity index (χ0) is 13.9. The van der Waals surface area contributed by atoms with Gasteiger partial charge >= 0.3 is 0 Å². The summed E-state index contributed by atoms with van der Waals surface area (Å²) in [6, 6.07) is 15.9. The van der Waals surface area contributed by atoms with E-state index >= 15 is 0 Å². The number of aliphatic hydroxyl groups excluding tert-OH is 1. The van der Waals surface area contributed by atoms with Crippen LogP contribution < -0.4 is 0 Å². The molecule has 1 heterocycles. The second kappa shape index (κ2) is 5.31. The van der Waals surface area contributed by atoms with Gasteiger partial charge in [0, 0.05) is 0 Å². The van der Waals surface area contributed by atoms with E-state index in [9.17, 15) is 5.11 Å². The van der Waals surface area contributed by atoms with Gasteiger partial charge in [-0.1, -0.05) is 30.3 Å². The highest BCUT2D eigenvalue weighted by Crippen LogP contribution is 2.19. The maximum absolute atomic E-state index is 9.19. The molecule has 0 saturated carbocycles. The monoisotopic (exact) mass is 264 g/mol. The third-order valence-electron chi connectivity index (χ3n) is 3.33. The van der Waals surface area contributed by atoms with E-state index in [0.29, 0.717) is 0 Å². The highest BCUT2D eigenvalue weighted by molar-refractivity contribution is 5.82. The van der Waals surface area contributed by atoms with Gasteiger partial charge in [0.25, 0.3) is 0 Å². The Kier molecular flexibility index (Phi) is 3.35. The smallest absolute Gasteiger partial charge is 0.131 e. The summed E-state index contributed by atoms with van der Waals surface area (Å²) >= 11 is 0. The third-order valence-corrected chi connectivity index (χ3v) is 3.33. The molecule has 2 aromatic carbocycles. The first-order valence-electron chi connectivity index (χ1n) is 6.59. The van der Waals surface area contributed by atoms with Gasteiger partial charge < -0.3 is 10.1 Å². The van der Waals surface area contributed by atoms with Gasteiger partial charge in [0.05, 0.1) is 17.6 Å². The van der Waals surface area contributed by atoms with Crippen molar-refractivity contribution in [1.82, 2.24) is 9.97 Å². The van der Waals surface area contributed by atoms with Crippen molar-refractivity contribution in [3.63, 3.8) is 0 Å². The first-order chi connectivity index (χ1) is 9.76. The van der Waals surface area contributed by atoms with Gasteiger partial charge in [-0.15, -0.1) is 0 Å². The Morgan fingerprint density at radius 3 is 2.85 bits per heavy atom. The fourth-order valence-corrected chi connectivity index (χ4v) is 2.24. The van der Waals surface area contributed by atoms with E-state index in [4.69, 9.17) is 0 Å². The Morgan fingerprint density at radius 2 is 2.05 bits per heavy atom. The van der Waals surface area contributed by atoms with Crippen LogP contribution in [0.1, 0.15) is 23.9 Å². The number of rotatable bonds is 3. The zero-order valence-corrected chi connectivity index (χ0v) is 11.3. The minimum atomic E-state index is 0.0613. The molecular formula is C17H16N2O. The summed E-state index contributed by atoms with van der Waals surface area (Å²) in [6.07, 6.45) is 2.02. The lowest BCUT2D eigenvalue weighted by Crippen LogP contribution is -1.86. The number of para-hydroxylation sites is 2. The lowest BCUT2D eigenvalue weighted by Gasteiger charge is -2.03. The molecule has 1 aromatic heterocycles. The van der Waals surface area contributed by atoms with Crippen molar-refractivity contribution >= 4 is 22.7 Å². The van der Waals surface area contributed by atoms with Crippen LogP contribution in [-0.2, 0) is 6.61 Å². The first-order valence-corrected chi connectivity index (χ1v) is 6.59. The first kappa shape index (κ1) is 12.6. The number of fused-ring (bicyclic) bond motifs is 1. The maximum Gasteiger partial charge on any atom is 0.131 e. The van der Waals surface area contributed by atoms with Crippen molar-refractivity contribution < 1.29 is 5.11 Å². The molecule has 3 aromatic rings. The Labute approximate surface area is 117 Å². The fourth-order valence-electron chi connectivity index (χ4n) is 2.24. The van der Waals surface area contributed by atoms with Crippen molar-refractivity contribution in [2.45, 2.75) is 13.5 Å². The summed E-state index contributed by atoms with van der Waals surface area (Å²) in [7, 11) is 0. The van der Waals surface area contributed by atoms with Crippen LogP contribution in [0.3, 0.4) is 0 Å². The Bertz CT molecular complexity index is 738.